The lowest BCUT2D eigenvalue weighted by molar-refractivity contribution is 0.177. The summed E-state index contributed by atoms with van der Waals surface area (Å²) in [5.74, 6) is 0.551. The second kappa shape index (κ2) is 7.18. The van der Waals surface area contributed by atoms with Crippen LogP contribution in [0.3, 0.4) is 0 Å². The van der Waals surface area contributed by atoms with Gasteiger partial charge in [-0.25, -0.2) is 0 Å². The topological polar surface area (TPSA) is 37.4 Å². The van der Waals surface area contributed by atoms with Gasteiger partial charge < -0.3 is 15.0 Å². The number of pyridine rings is 1. The minimum atomic E-state index is 0.477. The summed E-state index contributed by atoms with van der Waals surface area (Å²) >= 11 is 0. The van der Waals surface area contributed by atoms with Crippen molar-refractivity contribution in [3.63, 3.8) is 0 Å². The van der Waals surface area contributed by atoms with Gasteiger partial charge in [0.1, 0.15) is 0 Å². The molecule has 0 saturated carbocycles. The SMILES string of the molecule is CN1CCC(N[C@@H]2COC[C@H]2Cc2ccnc3ccccc23)CC1. The lowest BCUT2D eigenvalue weighted by Crippen LogP contribution is -2.48. The fourth-order valence-electron chi connectivity index (χ4n) is 4.08. The largest absolute Gasteiger partial charge is 0.379 e. The summed E-state index contributed by atoms with van der Waals surface area (Å²) in [4.78, 5) is 6.91. The van der Waals surface area contributed by atoms with Crippen LogP contribution in [-0.4, -0.2) is 55.3 Å². The molecule has 24 heavy (non-hydrogen) atoms. The van der Waals surface area contributed by atoms with Crippen LogP contribution in [0.2, 0.25) is 0 Å². The number of piperidine rings is 1. The highest BCUT2D eigenvalue weighted by molar-refractivity contribution is 5.81. The van der Waals surface area contributed by atoms with E-state index in [4.69, 9.17) is 4.74 Å². The summed E-state index contributed by atoms with van der Waals surface area (Å²) in [6, 6.07) is 11.7. The number of ether oxygens (including phenoxy) is 1. The first-order chi connectivity index (χ1) is 11.8. The fourth-order valence-corrected chi connectivity index (χ4v) is 4.08. The number of benzene rings is 1. The summed E-state index contributed by atoms with van der Waals surface area (Å²) in [7, 11) is 2.21. The van der Waals surface area contributed by atoms with Gasteiger partial charge in [-0.1, -0.05) is 18.2 Å². The predicted octanol–water partition coefficient (Wildman–Crippen LogP) is 2.48. The van der Waals surface area contributed by atoms with Gasteiger partial charge >= 0.3 is 0 Å². The van der Waals surface area contributed by atoms with Gasteiger partial charge in [0.2, 0.25) is 0 Å². The Morgan fingerprint density at radius 1 is 1.17 bits per heavy atom. The maximum atomic E-state index is 5.83. The molecule has 4 rings (SSSR count). The Morgan fingerprint density at radius 3 is 2.88 bits per heavy atom. The molecule has 1 aromatic carbocycles. The molecule has 0 bridgehead atoms. The molecule has 128 valence electrons. The van der Waals surface area contributed by atoms with Gasteiger partial charge in [0.15, 0.2) is 0 Å². The van der Waals surface area contributed by atoms with E-state index in [2.05, 4.69) is 52.6 Å². The van der Waals surface area contributed by atoms with Crippen molar-refractivity contribution in [2.75, 3.05) is 33.4 Å². The number of hydrogen-bond acceptors (Lipinski definition) is 4. The van der Waals surface area contributed by atoms with E-state index < -0.39 is 0 Å². The van der Waals surface area contributed by atoms with Crippen LogP contribution in [0.25, 0.3) is 10.9 Å². The minimum absolute atomic E-state index is 0.477. The van der Waals surface area contributed by atoms with Crippen molar-refractivity contribution >= 4 is 10.9 Å². The molecule has 0 amide bonds. The summed E-state index contributed by atoms with van der Waals surface area (Å²) in [5.41, 5.74) is 2.49. The molecule has 2 atom stereocenters. The maximum Gasteiger partial charge on any atom is 0.0704 e. The third-order valence-electron chi connectivity index (χ3n) is 5.59. The van der Waals surface area contributed by atoms with Crippen LogP contribution in [-0.2, 0) is 11.2 Å². The van der Waals surface area contributed by atoms with Gasteiger partial charge in [-0.15, -0.1) is 0 Å². The van der Waals surface area contributed by atoms with Crippen LogP contribution in [0.15, 0.2) is 36.5 Å². The van der Waals surface area contributed by atoms with Crippen LogP contribution in [0.1, 0.15) is 18.4 Å². The molecule has 4 nitrogen and oxygen atoms in total. The van der Waals surface area contributed by atoms with Crippen molar-refractivity contribution < 1.29 is 4.74 Å². The Hall–Kier alpha value is -1.49. The van der Waals surface area contributed by atoms with E-state index in [0.29, 0.717) is 18.0 Å². The molecule has 0 radical (unpaired) electrons. The number of rotatable bonds is 4. The van der Waals surface area contributed by atoms with Crippen LogP contribution >= 0.6 is 0 Å². The summed E-state index contributed by atoms with van der Waals surface area (Å²) < 4.78 is 5.83. The van der Waals surface area contributed by atoms with E-state index in [9.17, 15) is 0 Å². The average molecular weight is 325 g/mol. The number of para-hydroxylation sites is 1. The van der Waals surface area contributed by atoms with Crippen molar-refractivity contribution in [3.05, 3.63) is 42.1 Å². The molecule has 3 heterocycles. The number of hydrogen-bond donors (Lipinski definition) is 1. The molecule has 0 unspecified atom stereocenters. The first-order valence-electron chi connectivity index (χ1n) is 9.14. The Labute approximate surface area is 144 Å². The summed E-state index contributed by atoms with van der Waals surface area (Å²) in [6.45, 7) is 4.11. The van der Waals surface area contributed by atoms with Crippen molar-refractivity contribution in [3.8, 4) is 0 Å². The highest BCUT2D eigenvalue weighted by Gasteiger charge is 2.31. The number of nitrogens with one attached hydrogen (secondary N) is 1. The van der Waals surface area contributed by atoms with E-state index in [0.717, 1.165) is 25.2 Å². The van der Waals surface area contributed by atoms with Gasteiger partial charge in [0.05, 0.1) is 18.7 Å². The second-order valence-corrected chi connectivity index (χ2v) is 7.34. The van der Waals surface area contributed by atoms with Gasteiger partial charge in [0.25, 0.3) is 0 Å². The van der Waals surface area contributed by atoms with E-state index in [1.165, 1.54) is 36.9 Å². The molecule has 0 spiro atoms. The quantitative estimate of drug-likeness (QED) is 0.937. The molecule has 2 fully saturated rings. The van der Waals surface area contributed by atoms with E-state index >= 15 is 0 Å². The third kappa shape index (κ3) is 3.46. The zero-order chi connectivity index (χ0) is 16.4. The fraction of sp³-hybridized carbons (Fsp3) is 0.550. The monoisotopic (exact) mass is 325 g/mol. The van der Waals surface area contributed by atoms with Crippen LogP contribution in [0, 0.1) is 5.92 Å². The molecule has 2 aromatic rings. The van der Waals surface area contributed by atoms with Crippen molar-refractivity contribution in [1.82, 2.24) is 15.2 Å². The van der Waals surface area contributed by atoms with E-state index in [1.54, 1.807) is 0 Å². The molecular formula is C20H27N3O. The zero-order valence-corrected chi connectivity index (χ0v) is 14.4. The zero-order valence-electron chi connectivity index (χ0n) is 14.4. The Bertz CT molecular complexity index is 676. The number of likely N-dealkylation sites (tertiary alicyclic amines) is 1. The predicted molar refractivity (Wildman–Crippen MR) is 97.2 cm³/mol. The molecule has 2 aliphatic rings. The van der Waals surface area contributed by atoms with Crippen molar-refractivity contribution in [2.45, 2.75) is 31.3 Å². The third-order valence-corrected chi connectivity index (χ3v) is 5.59. The highest BCUT2D eigenvalue weighted by Crippen LogP contribution is 2.25. The number of aromatic nitrogens is 1. The number of nitrogens with zero attached hydrogens (tertiary/aromatic N) is 2. The summed E-state index contributed by atoms with van der Waals surface area (Å²) in [5, 5.41) is 5.17. The van der Waals surface area contributed by atoms with Gasteiger partial charge in [0, 0.05) is 29.6 Å². The van der Waals surface area contributed by atoms with Gasteiger partial charge in [-0.3, -0.25) is 4.98 Å². The lowest BCUT2D eigenvalue weighted by atomic mass is 9.92. The molecule has 0 aliphatic carbocycles. The van der Waals surface area contributed by atoms with Gasteiger partial charge in [-0.05, 0) is 57.1 Å². The lowest BCUT2D eigenvalue weighted by Gasteiger charge is -2.32. The van der Waals surface area contributed by atoms with Gasteiger partial charge in [-0.2, -0.15) is 0 Å². The van der Waals surface area contributed by atoms with Crippen LogP contribution in [0.5, 0.6) is 0 Å². The average Bonchev–Trinajstić information content (AvgIpc) is 3.04. The van der Waals surface area contributed by atoms with Crippen LogP contribution < -0.4 is 5.32 Å². The maximum absolute atomic E-state index is 5.83. The molecule has 1 aromatic heterocycles. The van der Waals surface area contributed by atoms with E-state index in [-0.39, 0.29) is 0 Å². The Kier molecular flexibility index (Phi) is 4.79. The Balaban J connectivity index is 1.45. The number of fused-ring (bicyclic) bond motifs is 1. The highest BCUT2D eigenvalue weighted by atomic mass is 16.5. The smallest absolute Gasteiger partial charge is 0.0704 e. The summed E-state index contributed by atoms with van der Waals surface area (Å²) in [6.07, 6.45) is 5.50. The molecular weight excluding hydrogens is 298 g/mol. The normalized spacial score (nSPS) is 26.2. The molecule has 2 saturated heterocycles. The first-order valence-corrected chi connectivity index (χ1v) is 9.14. The van der Waals surface area contributed by atoms with E-state index in [1.807, 2.05) is 6.20 Å². The standard InChI is InChI=1S/C20H27N3O/c1-23-10-7-17(8-11-23)22-20-14-24-13-16(20)12-15-6-9-21-19-5-3-2-4-18(15)19/h2-6,9,16-17,20,22H,7-8,10-14H2,1H3/t16-,20-/m1/s1. The van der Waals surface area contributed by atoms with Crippen molar-refractivity contribution in [1.29, 1.82) is 0 Å². The van der Waals surface area contributed by atoms with Crippen LogP contribution in [0.4, 0.5) is 0 Å². The molecule has 2 aliphatic heterocycles. The second-order valence-electron chi connectivity index (χ2n) is 7.34. The molecule has 1 N–H and O–H groups in total. The first kappa shape index (κ1) is 16.0. The molecule has 4 heteroatoms. The minimum Gasteiger partial charge on any atom is -0.379 e. The van der Waals surface area contributed by atoms with Crippen molar-refractivity contribution in [2.24, 2.45) is 5.92 Å². The Morgan fingerprint density at radius 2 is 2.00 bits per heavy atom.